The molecule has 1 heterocycles. The zero-order chi connectivity index (χ0) is 14.3. The zero-order valence-electron chi connectivity index (χ0n) is 12.5. The lowest BCUT2D eigenvalue weighted by Crippen LogP contribution is -2.25. The molecule has 1 aliphatic rings. The van der Waals surface area contributed by atoms with Crippen molar-refractivity contribution in [3.63, 3.8) is 0 Å². The van der Waals surface area contributed by atoms with Crippen molar-refractivity contribution in [2.75, 3.05) is 0 Å². The van der Waals surface area contributed by atoms with Crippen LogP contribution in [0.5, 0.6) is 0 Å². The second kappa shape index (κ2) is 7.27. The van der Waals surface area contributed by atoms with Gasteiger partial charge in [-0.3, -0.25) is 9.79 Å². The van der Waals surface area contributed by atoms with Gasteiger partial charge in [0.05, 0.1) is 12.5 Å². The number of ether oxygens (including phenoxy) is 1. The second-order valence-corrected chi connectivity index (χ2v) is 5.83. The highest BCUT2D eigenvalue weighted by Crippen LogP contribution is 2.13. The molecule has 0 saturated carbocycles. The van der Waals surface area contributed by atoms with Crippen LogP contribution in [0.1, 0.15) is 53.4 Å². The summed E-state index contributed by atoms with van der Waals surface area (Å²) in [4.78, 5) is 16.4. The summed E-state index contributed by atoms with van der Waals surface area (Å²) in [6, 6.07) is -0.100. The molecular weight excluding hydrogens is 238 g/mol. The first kappa shape index (κ1) is 15.7. The van der Waals surface area contributed by atoms with E-state index in [0.717, 1.165) is 25.0 Å². The summed E-state index contributed by atoms with van der Waals surface area (Å²) in [7, 11) is 0. The number of allylic oxidation sites excluding steroid dienone is 3. The van der Waals surface area contributed by atoms with E-state index in [0.29, 0.717) is 6.42 Å². The number of aliphatic imine (C=N–C) groups is 1. The molecule has 0 bridgehead atoms. The molecule has 3 heteroatoms. The van der Waals surface area contributed by atoms with Crippen LogP contribution in [0.15, 0.2) is 29.3 Å². The maximum absolute atomic E-state index is 11.8. The number of nitrogens with zero attached hydrogens (tertiary/aromatic N) is 1. The molecule has 0 N–H and O–H groups in total. The van der Waals surface area contributed by atoms with Crippen molar-refractivity contribution in [1.29, 1.82) is 0 Å². The van der Waals surface area contributed by atoms with E-state index in [-0.39, 0.29) is 12.0 Å². The largest absolute Gasteiger partial charge is 0.460 e. The zero-order valence-corrected chi connectivity index (χ0v) is 12.5. The molecule has 0 aromatic heterocycles. The summed E-state index contributed by atoms with van der Waals surface area (Å²) >= 11 is 0. The highest BCUT2D eigenvalue weighted by molar-refractivity contribution is 5.95. The minimum atomic E-state index is -0.432. The maximum atomic E-state index is 11.8. The van der Waals surface area contributed by atoms with Gasteiger partial charge in [0.2, 0.25) is 0 Å². The van der Waals surface area contributed by atoms with E-state index in [1.54, 1.807) is 0 Å². The minimum absolute atomic E-state index is 0.100. The molecule has 0 aromatic rings. The predicted octanol–water partition coefficient (Wildman–Crippen LogP) is 3.84. The smallest absolute Gasteiger partial charge is 0.308 e. The Hall–Kier alpha value is -1.38. The van der Waals surface area contributed by atoms with Crippen LogP contribution < -0.4 is 0 Å². The molecule has 0 spiro atoms. The number of hydrogen-bond donors (Lipinski definition) is 0. The van der Waals surface area contributed by atoms with Crippen molar-refractivity contribution >= 4 is 11.7 Å². The van der Waals surface area contributed by atoms with Crippen molar-refractivity contribution in [3.8, 4) is 0 Å². The lowest BCUT2D eigenvalue weighted by Gasteiger charge is -2.20. The molecule has 0 unspecified atom stereocenters. The monoisotopic (exact) mass is 263 g/mol. The number of rotatable bonds is 5. The van der Waals surface area contributed by atoms with Gasteiger partial charge < -0.3 is 4.74 Å². The number of hydrogen-bond acceptors (Lipinski definition) is 3. The summed E-state index contributed by atoms with van der Waals surface area (Å²) < 4.78 is 5.34. The number of esters is 1. The van der Waals surface area contributed by atoms with Gasteiger partial charge in [0.25, 0.3) is 0 Å². The third-order valence-electron chi connectivity index (χ3n) is 2.65. The first-order valence-corrected chi connectivity index (χ1v) is 7.04. The summed E-state index contributed by atoms with van der Waals surface area (Å²) in [6.07, 6.45) is 11.5. The highest BCUT2D eigenvalue weighted by atomic mass is 16.6. The Labute approximate surface area is 116 Å². The van der Waals surface area contributed by atoms with Gasteiger partial charge in [0.1, 0.15) is 5.60 Å². The molecule has 0 amide bonds. The first-order valence-electron chi connectivity index (χ1n) is 7.04. The van der Waals surface area contributed by atoms with E-state index in [1.165, 1.54) is 0 Å². The standard InChI is InChI=1S/C16H25NO2/c1-5-6-9-13-10-7-8-11-14(17-13)12-15(18)19-16(2,3)4/h7-8,10-11,14H,5-6,9,12H2,1-4H3/t14-/m0/s1. The van der Waals surface area contributed by atoms with Crippen LogP contribution >= 0.6 is 0 Å². The van der Waals surface area contributed by atoms with Crippen molar-refractivity contribution in [2.24, 2.45) is 4.99 Å². The Balaban J connectivity index is 2.59. The fraction of sp³-hybridized carbons (Fsp3) is 0.625. The molecule has 0 radical (unpaired) electrons. The van der Waals surface area contributed by atoms with Crippen molar-refractivity contribution in [3.05, 3.63) is 24.3 Å². The molecule has 0 fully saturated rings. The Kier molecular flexibility index (Phi) is 6.00. The first-order chi connectivity index (χ1) is 8.90. The van der Waals surface area contributed by atoms with E-state index in [1.807, 2.05) is 45.1 Å². The average molecular weight is 263 g/mol. The quantitative estimate of drug-likeness (QED) is 0.707. The van der Waals surface area contributed by atoms with Gasteiger partial charge in [-0.1, -0.05) is 31.6 Å². The van der Waals surface area contributed by atoms with Crippen LogP contribution in [-0.2, 0) is 9.53 Å². The average Bonchev–Trinajstić information content (AvgIpc) is 2.49. The molecule has 106 valence electrons. The molecule has 3 nitrogen and oxygen atoms in total. The maximum Gasteiger partial charge on any atom is 0.308 e. The van der Waals surface area contributed by atoms with Gasteiger partial charge in [-0.05, 0) is 39.7 Å². The third kappa shape index (κ3) is 6.94. The molecule has 0 aliphatic carbocycles. The molecule has 0 aromatic carbocycles. The number of unbranched alkanes of at least 4 members (excludes halogenated alkanes) is 1. The Morgan fingerprint density at radius 3 is 2.74 bits per heavy atom. The van der Waals surface area contributed by atoms with Crippen molar-refractivity contribution < 1.29 is 9.53 Å². The lowest BCUT2D eigenvalue weighted by atomic mass is 10.1. The third-order valence-corrected chi connectivity index (χ3v) is 2.65. The molecule has 0 saturated heterocycles. The van der Waals surface area contributed by atoms with Crippen molar-refractivity contribution in [2.45, 2.75) is 65.0 Å². The number of carbonyl (C=O) groups is 1. The molecule has 1 atom stereocenters. The lowest BCUT2D eigenvalue weighted by molar-refractivity contribution is -0.154. The Bertz CT molecular complexity index is 386. The predicted molar refractivity (Wildman–Crippen MR) is 79.5 cm³/mol. The summed E-state index contributed by atoms with van der Waals surface area (Å²) in [5, 5.41) is 0. The van der Waals surface area contributed by atoms with E-state index in [9.17, 15) is 4.79 Å². The van der Waals surface area contributed by atoms with Crippen LogP contribution in [0, 0.1) is 0 Å². The topological polar surface area (TPSA) is 38.7 Å². The van der Waals surface area contributed by atoms with Gasteiger partial charge in [-0.15, -0.1) is 0 Å². The fourth-order valence-electron chi connectivity index (χ4n) is 1.83. The van der Waals surface area contributed by atoms with Gasteiger partial charge in [-0.25, -0.2) is 0 Å². The SMILES string of the molecule is CCCCC1=N[C@H](CC(=O)OC(C)(C)C)C=CC=C1. The molecular formula is C16H25NO2. The Morgan fingerprint density at radius 2 is 2.11 bits per heavy atom. The van der Waals surface area contributed by atoms with Crippen LogP contribution in [-0.4, -0.2) is 23.3 Å². The summed E-state index contributed by atoms with van der Waals surface area (Å²) in [6.45, 7) is 7.80. The molecule has 19 heavy (non-hydrogen) atoms. The Morgan fingerprint density at radius 1 is 1.37 bits per heavy atom. The van der Waals surface area contributed by atoms with E-state index < -0.39 is 5.60 Å². The summed E-state index contributed by atoms with van der Waals surface area (Å²) in [5.74, 6) is -0.192. The minimum Gasteiger partial charge on any atom is -0.460 e. The highest BCUT2D eigenvalue weighted by Gasteiger charge is 2.19. The number of carbonyl (C=O) groups excluding carboxylic acids is 1. The van der Waals surface area contributed by atoms with Crippen LogP contribution in [0.3, 0.4) is 0 Å². The molecule has 1 aliphatic heterocycles. The van der Waals surface area contributed by atoms with E-state index in [4.69, 9.17) is 4.74 Å². The van der Waals surface area contributed by atoms with E-state index >= 15 is 0 Å². The fourth-order valence-corrected chi connectivity index (χ4v) is 1.83. The van der Waals surface area contributed by atoms with Crippen molar-refractivity contribution in [1.82, 2.24) is 0 Å². The van der Waals surface area contributed by atoms with E-state index in [2.05, 4.69) is 11.9 Å². The van der Waals surface area contributed by atoms with Gasteiger partial charge in [-0.2, -0.15) is 0 Å². The second-order valence-electron chi connectivity index (χ2n) is 5.83. The summed E-state index contributed by atoms with van der Waals surface area (Å²) in [5.41, 5.74) is 0.638. The molecule has 1 rings (SSSR count). The van der Waals surface area contributed by atoms with Gasteiger partial charge >= 0.3 is 5.97 Å². The van der Waals surface area contributed by atoms with Gasteiger partial charge in [0, 0.05) is 5.71 Å². The van der Waals surface area contributed by atoms with Crippen LogP contribution in [0.2, 0.25) is 0 Å². The van der Waals surface area contributed by atoms with Crippen LogP contribution in [0.25, 0.3) is 0 Å². The van der Waals surface area contributed by atoms with Crippen LogP contribution in [0.4, 0.5) is 0 Å². The normalized spacial score (nSPS) is 18.9. The van der Waals surface area contributed by atoms with Gasteiger partial charge in [0.15, 0.2) is 0 Å².